The van der Waals surface area contributed by atoms with Crippen LogP contribution in [0.25, 0.3) is 0 Å². The lowest BCUT2D eigenvalue weighted by molar-refractivity contribution is 0.415. The van der Waals surface area contributed by atoms with Gasteiger partial charge < -0.3 is 4.74 Å². The zero-order chi connectivity index (χ0) is 15.6. The molecule has 0 bridgehead atoms. The standard InChI is InChI=1S/C15H11Cl3F2O/c1-21-15-7-11(17)9(6-12(15)18)10(16)4-8-2-3-13(19)14(20)5-8/h2-3,5-7,10H,4H2,1H3. The monoisotopic (exact) mass is 350 g/mol. The minimum Gasteiger partial charge on any atom is -0.495 e. The van der Waals surface area contributed by atoms with E-state index in [0.717, 1.165) is 12.1 Å². The Labute approximate surface area is 136 Å². The van der Waals surface area contributed by atoms with E-state index in [2.05, 4.69) is 0 Å². The van der Waals surface area contributed by atoms with Crippen LogP contribution in [-0.4, -0.2) is 7.11 Å². The number of halogens is 5. The van der Waals surface area contributed by atoms with E-state index in [1.54, 1.807) is 12.1 Å². The molecule has 1 unspecified atom stereocenters. The van der Waals surface area contributed by atoms with E-state index in [1.807, 2.05) is 0 Å². The largest absolute Gasteiger partial charge is 0.495 e. The molecule has 6 heteroatoms. The van der Waals surface area contributed by atoms with Gasteiger partial charge in [-0.3, -0.25) is 0 Å². The van der Waals surface area contributed by atoms with E-state index in [0.29, 0.717) is 33.3 Å². The summed E-state index contributed by atoms with van der Waals surface area (Å²) in [6.07, 6.45) is 0.293. The van der Waals surface area contributed by atoms with Crippen molar-refractivity contribution in [3.05, 3.63) is 63.1 Å². The summed E-state index contributed by atoms with van der Waals surface area (Å²) in [4.78, 5) is 0. The normalized spacial score (nSPS) is 12.3. The maximum atomic E-state index is 13.2. The van der Waals surface area contributed by atoms with Gasteiger partial charge in [0.2, 0.25) is 0 Å². The molecule has 0 aromatic heterocycles. The number of hydrogen-bond donors (Lipinski definition) is 0. The van der Waals surface area contributed by atoms with Gasteiger partial charge in [-0.2, -0.15) is 0 Å². The van der Waals surface area contributed by atoms with Gasteiger partial charge in [-0.25, -0.2) is 8.78 Å². The maximum Gasteiger partial charge on any atom is 0.159 e. The highest BCUT2D eigenvalue weighted by Crippen LogP contribution is 2.37. The fourth-order valence-corrected chi connectivity index (χ4v) is 2.87. The molecule has 0 amide bonds. The Morgan fingerprint density at radius 2 is 1.76 bits per heavy atom. The van der Waals surface area contributed by atoms with Gasteiger partial charge in [-0.15, -0.1) is 11.6 Å². The summed E-state index contributed by atoms with van der Waals surface area (Å²) in [7, 11) is 1.48. The molecular weight excluding hydrogens is 341 g/mol. The molecule has 0 saturated carbocycles. The topological polar surface area (TPSA) is 9.23 Å². The summed E-state index contributed by atoms with van der Waals surface area (Å²) in [6, 6.07) is 6.84. The van der Waals surface area contributed by atoms with Gasteiger partial charge in [0, 0.05) is 11.1 Å². The van der Waals surface area contributed by atoms with Crippen molar-refractivity contribution in [2.24, 2.45) is 0 Å². The highest BCUT2D eigenvalue weighted by molar-refractivity contribution is 6.35. The SMILES string of the molecule is COc1cc(Cl)c(C(Cl)Cc2ccc(F)c(F)c2)cc1Cl. The number of rotatable bonds is 4. The van der Waals surface area contributed by atoms with E-state index >= 15 is 0 Å². The lowest BCUT2D eigenvalue weighted by Crippen LogP contribution is -1.99. The van der Waals surface area contributed by atoms with Crippen molar-refractivity contribution in [3.63, 3.8) is 0 Å². The Kier molecular flexibility index (Phi) is 5.31. The van der Waals surface area contributed by atoms with Gasteiger partial charge in [0.15, 0.2) is 11.6 Å². The van der Waals surface area contributed by atoms with Crippen LogP contribution in [0.2, 0.25) is 10.0 Å². The van der Waals surface area contributed by atoms with Crippen LogP contribution in [0.1, 0.15) is 16.5 Å². The zero-order valence-electron chi connectivity index (χ0n) is 11.0. The highest BCUT2D eigenvalue weighted by atomic mass is 35.5. The summed E-state index contributed by atoms with van der Waals surface area (Å²) in [6.45, 7) is 0. The summed E-state index contributed by atoms with van der Waals surface area (Å²) in [5.74, 6) is -1.35. The number of ether oxygens (including phenoxy) is 1. The summed E-state index contributed by atoms with van der Waals surface area (Å²) < 4.78 is 31.1. The summed E-state index contributed by atoms with van der Waals surface area (Å²) in [5, 5.41) is 0.262. The van der Waals surface area contributed by atoms with Crippen molar-refractivity contribution in [1.82, 2.24) is 0 Å². The predicted molar refractivity (Wildman–Crippen MR) is 81.7 cm³/mol. The number of benzene rings is 2. The third kappa shape index (κ3) is 3.79. The molecule has 0 N–H and O–H groups in total. The molecule has 112 valence electrons. The van der Waals surface area contributed by atoms with Crippen LogP contribution in [0.4, 0.5) is 8.78 Å². The van der Waals surface area contributed by atoms with Gasteiger partial charge in [0.05, 0.1) is 17.5 Å². The maximum absolute atomic E-state index is 13.2. The smallest absolute Gasteiger partial charge is 0.159 e. The summed E-state index contributed by atoms with van der Waals surface area (Å²) in [5.41, 5.74) is 1.17. The predicted octanol–water partition coefficient (Wildman–Crippen LogP) is 5.80. The van der Waals surface area contributed by atoms with Gasteiger partial charge in [-0.1, -0.05) is 29.3 Å². The van der Waals surface area contributed by atoms with Gasteiger partial charge in [-0.05, 0) is 35.7 Å². The van der Waals surface area contributed by atoms with Crippen LogP contribution in [-0.2, 0) is 6.42 Å². The molecule has 2 aromatic carbocycles. The van der Waals surface area contributed by atoms with Crippen molar-refractivity contribution >= 4 is 34.8 Å². The van der Waals surface area contributed by atoms with Gasteiger partial charge >= 0.3 is 0 Å². The van der Waals surface area contributed by atoms with E-state index in [9.17, 15) is 8.78 Å². The Morgan fingerprint density at radius 3 is 2.38 bits per heavy atom. The second-order valence-corrected chi connectivity index (χ2v) is 5.77. The molecule has 0 saturated heterocycles. The fraction of sp³-hybridized carbons (Fsp3) is 0.200. The van der Waals surface area contributed by atoms with Gasteiger partial charge in [0.1, 0.15) is 5.75 Å². The molecule has 1 nitrogen and oxygen atoms in total. The van der Waals surface area contributed by atoms with Crippen LogP contribution in [0, 0.1) is 11.6 Å². The number of methoxy groups -OCH3 is 1. The Balaban J connectivity index is 2.25. The first-order chi connectivity index (χ1) is 9.92. The first-order valence-corrected chi connectivity index (χ1v) is 7.22. The van der Waals surface area contributed by atoms with Crippen molar-refractivity contribution in [2.75, 3.05) is 7.11 Å². The minimum atomic E-state index is -0.907. The molecule has 2 rings (SSSR count). The molecule has 0 aliphatic rings. The van der Waals surface area contributed by atoms with E-state index in [1.165, 1.54) is 13.2 Å². The van der Waals surface area contributed by atoms with Crippen LogP contribution in [0.5, 0.6) is 5.75 Å². The van der Waals surface area contributed by atoms with Crippen LogP contribution >= 0.6 is 34.8 Å². The van der Waals surface area contributed by atoms with Gasteiger partial charge in [0.25, 0.3) is 0 Å². The molecular formula is C15H11Cl3F2O. The third-order valence-electron chi connectivity index (χ3n) is 3.01. The van der Waals surface area contributed by atoms with Crippen molar-refractivity contribution in [3.8, 4) is 5.75 Å². The lowest BCUT2D eigenvalue weighted by atomic mass is 10.0. The molecule has 0 aliphatic heterocycles. The lowest BCUT2D eigenvalue weighted by Gasteiger charge is -2.14. The van der Waals surface area contributed by atoms with Crippen LogP contribution < -0.4 is 4.74 Å². The Hall–Kier alpha value is -1.03. The second kappa shape index (κ2) is 6.82. The molecule has 2 aromatic rings. The van der Waals surface area contributed by atoms with Crippen molar-refractivity contribution in [1.29, 1.82) is 0 Å². The zero-order valence-corrected chi connectivity index (χ0v) is 13.2. The first-order valence-electron chi connectivity index (χ1n) is 6.03. The highest BCUT2D eigenvalue weighted by Gasteiger charge is 2.16. The fourth-order valence-electron chi connectivity index (χ4n) is 1.92. The van der Waals surface area contributed by atoms with E-state index in [4.69, 9.17) is 39.5 Å². The van der Waals surface area contributed by atoms with Crippen molar-refractivity contribution < 1.29 is 13.5 Å². The first kappa shape index (κ1) is 16.3. The molecule has 1 atom stereocenters. The quantitative estimate of drug-likeness (QED) is 0.632. The molecule has 0 radical (unpaired) electrons. The molecule has 21 heavy (non-hydrogen) atoms. The average Bonchev–Trinajstić information content (AvgIpc) is 2.44. The third-order valence-corrected chi connectivity index (χ3v) is 4.02. The molecule has 0 fully saturated rings. The van der Waals surface area contributed by atoms with Crippen LogP contribution in [0.15, 0.2) is 30.3 Å². The number of hydrogen-bond acceptors (Lipinski definition) is 1. The minimum absolute atomic E-state index is 0.293. The molecule has 0 aliphatic carbocycles. The summed E-state index contributed by atoms with van der Waals surface area (Å²) >= 11 is 18.5. The van der Waals surface area contributed by atoms with Crippen molar-refractivity contribution in [2.45, 2.75) is 11.8 Å². The Bertz CT molecular complexity index is 662. The molecule has 0 heterocycles. The molecule has 0 spiro atoms. The average molecular weight is 352 g/mol. The Morgan fingerprint density at radius 1 is 1.05 bits per heavy atom. The van der Waals surface area contributed by atoms with E-state index < -0.39 is 17.0 Å². The van der Waals surface area contributed by atoms with Crippen LogP contribution in [0.3, 0.4) is 0 Å². The second-order valence-electron chi connectivity index (χ2n) is 4.43. The number of alkyl halides is 1. The van der Waals surface area contributed by atoms with E-state index in [-0.39, 0.29) is 0 Å².